The fraction of sp³-hybridized carbons (Fsp3) is 0.481. The van der Waals surface area contributed by atoms with E-state index in [0.29, 0.717) is 22.8 Å². The molecule has 64 heavy (non-hydrogen) atoms. The van der Waals surface area contributed by atoms with Crippen molar-refractivity contribution in [3.05, 3.63) is 109 Å². The van der Waals surface area contributed by atoms with E-state index in [0.717, 1.165) is 112 Å². The molecule has 10 nitrogen and oxygen atoms in total. The van der Waals surface area contributed by atoms with E-state index >= 15 is 0 Å². The topological polar surface area (TPSA) is 163 Å². The molecule has 2 aliphatic carbocycles. The second kappa shape index (κ2) is 18.1. The lowest BCUT2D eigenvalue weighted by Crippen LogP contribution is -2.52. The second-order valence-corrected chi connectivity index (χ2v) is 21.2. The van der Waals surface area contributed by atoms with Gasteiger partial charge in [-0.3, -0.25) is 0 Å². The normalized spacial score (nSPS) is 22.1. The van der Waals surface area contributed by atoms with Gasteiger partial charge in [0, 0.05) is 47.0 Å². The van der Waals surface area contributed by atoms with Gasteiger partial charge in [0.2, 0.25) is 0 Å². The summed E-state index contributed by atoms with van der Waals surface area (Å²) < 4.78 is 13.6. The summed E-state index contributed by atoms with van der Waals surface area (Å²) in [4.78, 5) is 17.4. The van der Waals surface area contributed by atoms with Gasteiger partial charge in [0.05, 0.1) is 36.0 Å². The summed E-state index contributed by atoms with van der Waals surface area (Å²) in [7, 11) is 0. The number of nitrogens with two attached hydrogens (primary N) is 2. The van der Waals surface area contributed by atoms with Gasteiger partial charge in [-0.1, -0.05) is 77.9 Å². The third kappa shape index (κ3) is 9.52. The highest BCUT2D eigenvalue weighted by Crippen LogP contribution is 2.45. The summed E-state index contributed by atoms with van der Waals surface area (Å²) in [5, 5.41) is 26.8. The number of hydrogen-bond acceptors (Lipinski definition) is 10. The molecule has 6 aromatic rings. The van der Waals surface area contributed by atoms with Crippen LogP contribution in [0.25, 0.3) is 43.8 Å². The molecule has 0 aliphatic heterocycles. The first-order valence-electron chi connectivity index (χ1n) is 23.3. The summed E-state index contributed by atoms with van der Waals surface area (Å²) in [6.07, 6.45) is 18.1. The summed E-state index contributed by atoms with van der Waals surface area (Å²) >= 11 is 0. The summed E-state index contributed by atoms with van der Waals surface area (Å²) in [6, 6.07) is 20.2. The first-order valence-corrected chi connectivity index (χ1v) is 23.3. The highest BCUT2D eigenvalue weighted by atomic mass is 16.5. The van der Waals surface area contributed by atoms with E-state index in [1.54, 1.807) is 0 Å². The van der Waals surface area contributed by atoms with Crippen LogP contribution in [-0.2, 0) is 11.1 Å². The molecule has 2 aromatic heterocycles. The average molecular weight is 865 g/mol. The zero-order valence-corrected chi connectivity index (χ0v) is 38.8. The van der Waals surface area contributed by atoms with Gasteiger partial charge in [-0.25, -0.2) is 19.9 Å². The molecule has 338 valence electrons. The van der Waals surface area contributed by atoms with Crippen LogP contribution >= 0.6 is 0 Å². The van der Waals surface area contributed by atoms with Crippen LogP contribution in [0.4, 0.5) is 0 Å². The summed E-state index contributed by atoms with van der Waals surface area (Å²) in [6.45, 7) is 15.4. The minimum absolute atomic E-state index is 0.00863. The van der Waals surface area contributed by atoms with Gasteiger partial charge in [0.25, 0.3) is 0 Å². The average Bonchev–Trinajstić information content (AvgIpc) is 3.28. The van der Waals surface area contributed by atoms with E-state index in [9.17, 15) is 10.2 Å². The Morgan fingerprint density at radius 1 is 0.578 bits per heavy atom. The molecule has 8 rings (SSSR count). The predicted octanol–water partition coefficient (Wildman–Crippen LogP) is 10.6. The number of ether oxygens (including phenoxy) is 2. The van der Waals surface area contributed by atoms with Gasteiger partial charge < -0.3 is 31.2 Å². The molecule has 4 aromatic carbocycles. The number of aliphatic hydroxyl groups is 2. The Kier molecular flexibility index (Phi) is 12.9. The molecule has 0 saturated heterocycles. The molecular weight excluding hydrogens is 797 g/mol. The fourth-order valence-corrected chi connectivity index (χ4v) is 10.4. The van der Waals surface area contributed by atoms with Crippen molar-refractivity contribution in [3.8, 4) is 33.8 Å². The Morgan fingerprint density at radius 2 is 0.984 bits per heavy atom. The maximum Gasteiger partial charge on any atom is 0.128 e. The quantitative estimate of drug-likeness (QED) is 0.0931. The number of aromatic nitrogens is 4. The lowest BCUT2D eigenvalue weighted by atomic mass is 9.72. The minimum atomic E-state index is -1.30. The number of aliphatic hydroxyl groups excluding tert-OH is 2. The van der Waals surface area contributed by atoms with Crippen molar-refractivity contribution in [3.63, 3.8) is 0 Å². The van der Waals surface area contributed by atoms with E-state index in [1.807, 2.05) is 86.3 Å². The van der Waals surface area contributed by atoms with E-state index < -0.39 is 23.8 Å². The number of nitrogens with zero attached hydrogens (tertiary/aromatic N) is 4. The first kappa shape index (κ1) is 45.6. The van der Waals surface area contributed by atoms with Crippen LogP contribution in [0.5, 0.6) is 11.5 Å². The lowest BCUT2D eigenvalue weighted by molar-refractivity contribution is 0.0445. The Labute approximate surface area is 379 Å². The van der Waals surface area contributed by atoms with Crippen LogP contribution in [0.15, 0.2) is 98.1 Å². The maximum absolute atomic E-state index is 12.0. The Balaban J connectivity index is 1.05. The van der Waals surface area contributed by atoms with Gasteiger partial charge in [-0.05, 0) is 144 Å². The zero-order chi connectivity index (χ0) is 45.4. The third-order valence-corrected chi connectivity index (χ3v) is 14.8. The Hall–Kier alpha value is -5.00. The SMILES string of the molecule is CC(C)(C)C1CCC(Oc2ccc3cc([C@@](N)(CO)CC(O)[C@](C)(N)c4ccc5c(-c6cncnc6)c(OC6CCC(C(C)(C)C)CC6)ccc5c4)ccc3c2-c2cncnc2)CC1. The van der Waals surface area contributed by atoms with E-state index in [2.05, 4.69) is 67.5 Å². The summed E-state index contributed by atoms with van der Waals surface area (Å²) in [5.74, 6) is 2.97. The molecule has 0 spiro atoms. The molecular formula is C54H68N6O4. The highest BCUT2D eigenvalue weighted by Gasteiger charge is 2.39. The first-order chi connectivity index (χ1) is 30.4. The van der Waals surface area contributed by atoms with Crippen molar-refractivity contribution in [1.82, 2.24) is 19.9 Å². The largest absolute Gasteiger partial charge is 0.490 e. The molecule has 1 unspecified atom stereocenters. The number of rotatable bonds is 12. The van der Waals surface area contributed by atoms with Gasteiger partial charge in [-0.2, -0.15) is 0 Å². The minimum Gasteiger partial charge on any atom is -0.490 e. The van der Waals surface area contributed by atoms with E-state index in [4.69, 9.17) is 20.9 Å². The van der Waals surface area contributed by atoms with Crippen molar-refractivity contribution in [2.45, 2.75) is 136 Å². The third-order valence-electron chi connectivity index (χ3n) is 14.8. The standard InChI is InChI=1S/C54H68N6O4/c1-51(2,3)38-10-16-42(17-11-38)63-46-22-8-34-24-40(14-20-44(34)49(46)36-27-57-32-58-28-36)53(7,55)48(62)26-54(56,31-61)41-15-21-45-35(25-41)9-23-47(50(45)37-29-59-33-60-30-37)64-43-18-12-39(13-19-43)52(4,5)6/h8-9,14-15,20-25,27-30,32-33,38-39,42-43,48,61-62H,10-13,16-19,26,31,55-56H2,1-7H3/t38?,39?,42?,43?,48?,53-,54+/m1/s1. The van der Waals surface area contributed by atoms with Crippen LogP contribution in [0.3, 0.4) is 0 Å². The van der Waals surface area contributed by atoms with Gasteiger partial charge in [-0.15, -0.1) is 0 Å². The highest BCUT2D eigenvalue weighted by molar-refractivity contribution is 6.01. The van der Waals surface area contributed by atoms with Crippen molar-refractivity contribution in [1.29, 1.82) is 0 Å². The van der Waals surface area contributed by atoms with Gasteiger partial charge in [0.1, 0.15) is 24.2 Å². The molecule has 2 saturated carbocycles. The Morgan fingerprint density at radius 3 is 1.39 bits per heavy atom. The maximum atomic E-state index is 12.0. The lowest BCUT2D eigenvalue weighted by Gasteiger charge is -2.38. The summed E-state index contributed by atoms with van der Waals surface area (Å²) in [5.41, 5.74) is 17.3. The molecule has 2 aliphatic rings. The van der Waals surface area contributed by atoms with Gasteiger partial charge >= 0.3 is 0 Å². The molecule has 2 heterocycles. The van der Waals surface area contributed by atoms with E-state index in [1.165, 1.54) is 12.7 Å². The zero-order valence-electron chi connectivity index (χ0n) is 38.8. The van der Waals surface area contributed by atoms with Crippen molar-refractivity contribution < 1.29 is 19.7 Å². The van der Waals surface area contributed by atoms with Crippen LogP contribution in [0, 0.1) is 22.7 Å². The number of hydrogen-bond donors (Lipinski definition) is 4. The smallest absolute Gasteiger partial charge is 0.128 e. The van der Waals surface area contributed by atoms with Crippen LogP contribution in [0.2, 0.25) is 0 Å². The fourth-order valence-electron chi connectivity index (χ4n) is 10.4. The number of benzene rings is 4. The molecule has 0 amide bonds. The molecule has 0 bridgehead atoms. The molecule has 2 fully saturated rings. The molecule has 3 atom stereocenters. The van der Waals surface area contributed by atoms with Gasteiger partial charge in [0.15, 0.2) is 0 Å². The predicted molar refractivity (Wildman–Crippen MR) is 257 cm³/mol. The van der Waals surface area contributed by atoms with Crippen LogP contribution < -0.4 is 20.9 Å². The van der Waals surface area contributed by atoms with Crippen LogP contribution in [0.1, 0.15) is 117 Å². The number of fused-ring (bicyclic) bond motifs is 2. The van der Waals surface area contributed by atoms with E-state index in [-0.39, 0.29) is 24.0 Å². The molecule has 0 radical (unpaired) electrons. The monoisotopic (exact) mass is 865 g/mol. The second-order valence-electron chi connectivity index (χ2n) is 21.2. The van der Waals surface area contributed by atoms with Crippen molar-refractivity contribution >= 4 is 21.5 Å². The molecule has 10 heteroatoms. The van der Waals surface area contributed by atoms with Crippen molar-refractivity contribution in [2.24, 2.45) is 34.1 Å². The molecule has 6 N–H and O–H groups in total. The Bertz CT molecular complexity index is 2540. The van der Waals surface area contributed by atoms with Crippen LogP contribution in [-0.4, -0.2) is 55.1 Å². The van der Waals surface area contributed by atoms with Crippen molar-refractivity contribution in [2.75, 3.05) is 6.61 Å².